The van der Waals surface area contributed by atoms with Gasteiger partial charge in [-0.25, -0.2) is 0 Å². The molecule has 0 radical (unpaired) electrons. The molecular formula is C21H28O2. The molecule has 0 aliphatic rings. The molecule has 0 saturated carbocycles. The standard InChI is InChI=1S/C21H28O2/c1-14(2)8-7-9-15(3)12-13-17-16(4)20(22)18-10-5-6-11-19(18)21(17)23/h5-6,10-12,14,22-23H,7-9,13H2,1-4H3. The molecule has 0 atom stereocenters. The second kappa shape index (κ2) is 7.54. The van der Waals surface area contributed by atoms with Gasteiger partial charge in [0.25, 0.3) is 0 Å². The van der Waals surface area contributed by atoms with Gasteiger partial charge >= 0.3 is 0 Å². The third kappa shape index (κ3) is 4.07. The Morgan fingerprint density at radius 2 is 1.70 bits per heavy atom. The summed E-state index contributed by atoms with van der Waals surface area (Å²) in [7, 11) is 0. The van der Waals surface area contributed by atoms with Crippen LogP contribution in [-0.4, -0.2) is 10.2 Å². The highest BCUT2D eigenvalue weighted by molar-refractivity contribution is 5.95. The fraction of sp³-hybridized carbons (Fsp3) is 0.429. The van der Waals surface area contributed by atoms with Gasteiger partial charge in [-0.05, 0) is 44.6 Å². The van der Waals surface area contributed by atoms with Crippen LogP contribution in [-0.2, 0) is 6.42 Å². The van der Waals surface area contributed by atoms with Crippen molar-refractivity contribution in [3.05, 3.63) is 47.0 Å². The van der Waals surface area contributed by atoms with E-state index in [2.05, 4.69) is 26.8 Å². The molecule has 23 heavy (non-hydrogen) atoms. The van der Waals surface area contributed by atoms with E-state index < -0.39 is 0 Å². The number of phenolic OH excluding ortho intramolecular Hbond substituents is 2. The topological polar surface area (TPSA) is 40.5 Å². The Morgan fingerprint density at radius 3 is 2.30 bits per heavy atom. The van der Waals surface area contributed by atoms with Crippen LogP contribution in [0.2, 0.25) is 0 Å². The number of aromatic hydroxyl groups is 2. The monoisotopic (exact) mass is 312 g/mol. The van der Waals surface area contributed by atoms with E-state index >= 15 is 0 Å². The minimum atomic E-state index is 0.277. The van der Waals surface area contributed by atoms with Crippen LogP contribution in [0.4, 0.5) is 0 Å². The Labute approximate surface area is 139 Å². The van der Waals surface area contributed by atoms with Gasteiger partial charge in [-0.3, -0.25) is 0 Å². The van der Waals surface area contributed by atoms with Crippen LogP contribution in [0.15, 0.2) is 35.9 Å². The maximum absolute atomic E-state index is 10.6. The molecule has 0 amide bonds. The van der Waals surface area contributed by atoms with E-state index in [9.17, 15) is 10.2 Å². The third-order valence-electron chi connectivity index (χ3n) is 4.54. The Bertz CT molecular complexity index is 711. The van der Waals surface area contributed by atoms with Gasteiger partial charge in [-0.1, -0.05) is 56.2 Å². The fourth-order valence-electron chi connectivity index (χ4n) is 3.00. The maximum atomic E-state index is 10.6. The molecule has 0 bridgehead atoms. The summed E-state index contributed by atoms with van der Waals surface area (Å²) in [6.45, 7) is 8.52. The van der Waals surface area contributed by atoms with Crippen molar-refractivity contribution in [2.24, 2.45) is 5.92 Å². The van der Waals surface area contributed by atoms with Crippen molar-refractivity contribution in [1.29, 1.82) is 0 Å². The van der Waals surface area contributed by atoms with Crippen LogP contribution >= 0.6 is 0 Å². The largest absolute Gasteiger partial charge is 0.507 e. The summed E-state index contributed by atoms with van der Waals surface area (Å²) in [5.41, 5.74) is 2.94. The van der Waals surface area contributed by atoms with Gasteiger partial charge < -0.3 is 10.2 Å². The van der Waals surface area contributed by atoms with Crippen molar-refractivity contribution in [3.63, 3.8) is 0 Å². The normalized spacial score (nSPS) is 12.3. The lowest BCUT2D eigenvalue weighted by atomic mass is 9.95. The second-order valence-electron chi connectivity index (χ2n) is 6.89. The minimum absolute atomic E-state index is 0.277. The minimum Gasteiger partial charge on any atom is -0.507 e. The van der Waals surface area contributed by atoms with E-state index in [1.807, 2.05) is 31.2 Å². The molecule has 2 rings (SSSR count). The quantitative estimate of drug-likeness (QED) is 0.517. The van der Waals surface area contributed by atoms with Gasteiger partial charge in [0, 0.05) is 16.3 Å². The zero-order chi connectivity index (χ0) is 17.0. The van der Waals surface area contributed by atoms with Crippen molar-refractivity contribution in [3.8, 4) is 11.5 Å². The molecule has 2 N–H and O–H groups in total. The highest BCUT2D eigenvalue weighted by atomic mass is 16.3. The highest BCUT2D eigenvalue weighted by Crippen LogP contribution is 2.39. The van der Waals surface area contributed by atoms with Gasteiger partial charge in [0.2, 0.25) is 0 Å². The Balaban J connectivity index is 2.23. The maximum Gasteiger partial charge on any atom is 0.127 e. The van der Waals surface area contributed by atoms with Gasteiger partial charge in [-0.2, -0.15) is 0 Å². The number of rotatable bonds is 6. The first-order valence-electron chi connectivity index (χ1n) is 8.49. The smallest absolute Gasteiger partial charge is 0.127 e. The SMILES string of the molecule is CC(=CCc1c(C)c(O)c2ccccc2c1O)CCCC(C)C. The summed E-state index contributed by atoms with van der Waals surface area (Å²) in [5.74, 6) is 1.31. The van der Waals surface area contributed by atoms with Crippen molar-refractivity contribution < 1.29 is 10.2 Å². The van der Waals surface area contributed by atoms with Crippen molar-refractivity contribution in [2.45, 2.75) is 53.4 Å². The zero-order valence-electron chi connectivity index (χ0n) is 14.7. The van der Waals surface area contributed by atoms with Crippen LogP contribution in [0.25, 0.3) is 10.8 Å². The number of hydrogen-bond donors (Lipinski definition) is 2. The summed E-state index contributed by atoms with van der Waals surface area (Å²) in [4.78, 5) is 0. The fourth-order valence-corrected chi connectivity index (χ4v) is 3.00. The van der Waals surface area contributed by atoms with E-state index in [-0.39, 0.29) is 5.75 Å². The summed E-state index contributed by atoms with van der Waals surface area (Å²) in [5, 5.41) is 22.4. The molecule has 2 nitrogen and oxygen atoms in total. The molecule has 0 aliphatic carbocycles. The van der Waals surface area contributed by atoms with Crippen molar-refractivity contribution in [1.82, 2.24) is 0 Å². The van der Waals surface area contributed by atoms with Crippen LogP contribution in [0.1, 0.15) is 51.2 Å². The van der Waals surface area contributed by atoms with E-state index in [4.69, 9.17) is 0 Å². The third-order valence-corrected chi connectivity index (χ3v) is 4.54. The molecular weight excluding hydrogens is 284 g/mol. The average Bonchev–Trinajstić information content (AvgIpc) is 2.52. The molecule has 2 aromatic rings. The van der Waals surface area contributed by atoms with Crippen LogP contribution in [0.3, 0.4) is 0 Å². The van der Waals surface area contributed by atoms with Crippen LogP contribution < -0.4 is 0 Å². The highest BCUT2D eigenvalue weighted by Gasteiger charge is 2.14. The lowest BCUT2D eigenvalue weighted by molar-refractivity contribution is 0.461. The summed E-state index contributed by atoms with van der Waals surface area (Å²) >= 11 is 0. The number of benzene rings is 2. The van der Waals surface area contributed by atoms with Crippen molar-refractivity contribution >= 4 is 10.8 Å². The first-order valence-corrected chi connectivity index (χ1v) is 8.49. The lowest BCUT2D eigenvalue weighted by Crippen LogP contribution is -1.93. The predicted octanol–water partition coefficient (Wildman–Crippen LogP) is 5.87. The van der Waals surface area contributed by atoms with E-state index in [0.717, 1.165) is 28.9 Å². The molecule has 0 unspecified atom stereocenters. The first-order chi connectivity index (χ1) is 10.9. The lowest BCUT2D eigenvalue weighted by Gasteiger charge is -2.13. The molecule has 0 heterocycles. The van der Waals surface area contributed by atoms with E-state index in [1.165, 1.54) is 18.4 Å². The number of phenols is 2. The van der Waals surface area contributed by atoms with E-state index in [0.29, 0.717) is 17.6 Å². The molecule has 0 saturated heterocycles. The Morgan fingerprint density at radius 1 is 1.09 bits per heavy atom. The summed E-state index contributed by atoms with van der Waals surface area (Å²) < 4.78 is 0. The van der Waals surface area contributed by atoms with Gasteiger partial charge in [0.05, 0.1) is 0 Å². The predicted molar refractivity (Wildman–Crippen MR) is 98.2 cm³/mol. The number of fused-ring (bicyclic) bond motifs is 1. The zero-order valence-corrected chi connectivity index (χ0v) is 14.7. The van der Waals surface area contributed by atoms with Crippen molar-refractivity contribution in [2.75, 3.05) is 0 Å². The van der Waals surface area contributed by atoms with Crippen LogP contribution in [0, 0.1) is 12.8 Å². The molecule has 0 aromatic heterocycles. The molecule has 0 spiro atoms. The number of hydrogen-bond acceptors (Lipinski definition) is 2. The first kappa shape index (κ1) is 17.4. The average molecular weight is 312 g/mol. The van der Waals surface area contributed by atoms with Gasteiger partial charge in [0.1, 0.15) is 11.5 Å². The molecule has 0 fully saturated rings. The molecule has 2 aromatic carbocycles. The Kier molecular flexibility index (Phi) is 5.70. The molecule has 124 valence electrons. The van der Waals surface area contributed by atoms with Gasteiger partial charge in [-0.15, -0.1) is 0 Å². The molecule has 0 aliphatic heterocycles. The van der Waals surface area contributed by atoms with Gasteiger partial charge in [0.15, 0.2) is 0 Å². The molecule has 2 heteroatoms. The Hall–Kier alpha value is -1.96. The summed E-state index contributed by atoms with van der Waals surface area (Å²) in [6.07, 6.45) is 6.37. The van der Waals surface area contributed by atoms with Crippen LogP contribution in [0.5, 0.6) is 11.5 Å². The second-order valence-corrected chi connectivity index (χ2v) is 6.89. The summed E-state index contributed by atoms with van der Waals surface area (Å²) in [6, 6.07) is 7.45. The number of allylic oxidation sites excluding steroid dienone is 2. The van der Waals surface area contributed by atoms with E-state index in [1.54, 1.807) is 0 Å².